The first-order valence-corrected chi connectivity index (χ1v) is 7.79. The third-order valence-corrected chi connectivity index (χ3v) is 4.56. The smallest absolute Gasteiger partial charge is 0.0260 e. The van der Waals surface area contributed by atoms with Crippen molar-refractivity contribution in [3.05, 3.63) is 83.3 Å². The Morgan fingerprint density at radius 2 is 1.33 bits per heavy atom. The summed E-state index contributed by atoms with van der Waals surface area (Å²) in [5, 5.41) is 5.12. The van der Waals surface area contributed by atoms with E-state index in [1.807, 2.05) is 0 Å². The predicted octanol–water partition coefficient (Wildman–Crippen LogP) is 6.42. The molecule has 21 heavy (non-hydrogen) atoms. The molecule has 100 valence electrons. The van der Waals surface area contributed by atoms with Gasteiger partial charge in [-0.3, -0.25) is 0 Å². The summed E-state index contributed by atoms with van der Waals surface area (Å²) in [6.45, 7) is 0. The molecule has 0 spiro atoms. The normalized spacial score (nSPS) is 11.1. The highest BCUT2D eigenvalue weighted by Gasteiger charge is 2.11. The van der Waals surface area contributed by atoms with Crippen molar-refractivity contribution in [1.29, 1.82) is 0 Å². The maximum Gasteiger partial charge on any atom is 0.0260 e. The Bertz CT molecular complexity index is 940. The first-order valence-electron chi connectivity index (χ1n) is 7.00. The van der Waals surface area contributed by atoms with E-state index in [0.29, 0.717) is 0 Å². The van der Waals surface area contributed by atoms with Gasteiger partial charge in [-0.25, -0.2) is 0 Å². The Morgan fingerprint density at radius 1 is 0.619 bits per heavy atom. The first-order chi connectivity index (χ1) is 10.3. The van der Waals surface area contributed by atoms with Crippen LogP contribution in [0.25, 0.3) is 32.7 Å². The summed E-state index contributed by atoms with van der Waals surface area (Å²) in [4.78, 5) is 0. The standard InChI is InChI=1S/C20H13Br/c21-18-12-6-10-16-13-15-9-4-5-11-17(15)19(20(16)18)14-7-2-1-3-8-14/h1-13H. The van der Waals surface area contributed by atoms with Gasteiger partial charge in [-0.15, -0.1) is 0 Å². The van der Waals surface area contributed by atoms with Crippen molar-refractivity contribution in [2.45, 2.75) is 0 Å². The van der Waals surface area contributed by atoms with Gasteiger partial charge in [0.15, 0.2) is 0 Å². The number of halogens is 1. The van der Waals surface area contributed by atoms with Crippen LogP contribution < -0.4 is 0 Å². The van der Waals surface area contributed by atoms with E-state index >= 15 is 0 Å². The van der Waals surface area contributed by atoms with Crippen molar-refractivity contribution in [3.63, 3.8) is 0 Å². The van der Waals surface area contributed by atoms with Crippen LogP contribution >= 0.6 is 15.9 Å². The summed E-state index contributed by atoms with van der Waals surface area (Å²) in [6.07, 6.45) is 0. The van der Waals surface area contributed by atoms with E-state index in [1.165, 1.54) is 32.7 Å². The average Bonchev–Trinajstić information content (AvgIpc) is 2.54. The maximum absolute atomic E-state index is 3.73. The highest BCUT2D eigenvalue weighted by atomic mass is 79.9. The summed E-state index contributed by atoms with van der Waals surface area (Å²) in [6, 6.07) is 27.9. The second kappa shape index (κ2) is 5.01. The van der Waals surface area contributed by atoms with Crippen molar-refractivity contribution in [2.24, 2.45) is 0 Å². The van der Waals surface area contributed by atoms with Gasteiger partial charge in [0.25, 0.3) is 0 Å². The molecule has 4 aromatic rings. The molecule has 0 radical (unpaired) electrons. The number of fused-ring (bicyclic) bond motifs is 2. The van der Waals surface area contributed by atoms with Gasteiger partial charge in [0.1, 0.15) is 0 Å². The molecule has 0 saturated carbocycles. The average molecular weight is 333 g/mol. The number of rotatable bonds is 1. The molecule has 0 saturated heterocycles. The van der Waals surface area contributed by atoms with Crippen LogP contribution in [0.3, 0.4) is 0 Å². The molecule has 0 aliphatic rings. The predicted molar refractivity (Wildman–Crippen MR) is 94.6 cm³/mol. The zero-order valence-electron chi connectivity index (χ0n) is 11.4. The van der Waals surface area contributed by atoms with Crippen molar-refractivity contribution in [3.8, 4) is 11.1 Å². The van der Waals surface area contributed by atoms with Gasteiger partial charge in [-0.05, 0) is 39.4 Å². The summed E-state index contributed by atoms with van der Waals surface area (Å²) in [7, 11) is 0. The van der Waals surface area contributed by atoms with E-state index in [-0.39, 0.29) is 0 Å². The van der Waals surface area contributed by atoms with Gasteiger partial charge in [0, 0.05) is 9.86 Å². The minimum Gasteiger partial charge on any atom is -0.0622 e. The van der Waals surface area contributed by atoms with Crippen LogP contribution in [0.5, 0.6) is 0 Å². The second-order valence-corrected chi connectivity index (χ2v) is 6.03. The molecule has 0 N–H and O–H groups in total. The number of hydrogen-bond donors (Lipinski definition) is 0. The molecule has 1 heteroatoms. The van der Waals surface area contributed by atoms with Crippen molar-refractivity contribution in [1.82, 2.24) is 0 Å². The summed E-state index contributed by atoms with van der Waals surface area (Å²) in [5.74, 6) is 0. The van der Waals surface area contributed by atoms with E-state index in [1.54, 1.807) is 0 Å². The Hall–Kier alpha value is -2.12. The van der Waals surface area contributed by atoms with Crippen LogP contribution in [0, 0.1) is 0 Å². The molecule has 0 aromatic heterocycles. The van der Waals surface area contributed by atoms with Crippen LogP contribution in [-0.4, -0.2) is 0 Å². The fraction of sp³-hybridized carbons (Fsp3) is 0. The van der Waals surface area contributed by atoms with E-state index in [9.17, 15) is 0 Å². The van der Waals surface area contributed by atoms with Gasteiger partial charge >= 0.3 is 0 Å². The van der Waals surface area contributed by atoms with Crippen molar-refractivity contribution < 1.29 is 0 Å². The molecule has 4 aromatic carbocycles. The van der Waals surface area contributed by atoms with Crippen LogP contribution in [0.2, 0.25) is 0 Å². The number of hydrogen-bond acceptors (Lipinski definition) is 0. The lowest BCUT2D eigenvalue weighted by atomic mass is 9.92. The summed E-state index contributed by atoms with van der Waals surface area (Å²) < 4.78 is 1.14. The summed E-state index contributed by atoms with van der Waals surface area (Å²) >= 11 is 3.73. The lowest BCUT2D eigenvalue weighted by molar-refractivity contribution is 1.66. The third-order valence-electron chi connectivity index (χ3n) is 3.90. The van der Waals surface area contributed by atoms with Crippen molar-refractivity contribution >= 4 is 37.5 Å². The van der Waals surface area contributed by atoms with E-state index in [2.05, 4.69) is 94.8 Å². The molecule has 0 fully saturated rings. The zero-order chi connectivity index (χ0) is 14.2. The summed E-state index contributed by atoms with van der Waals surface area (Å²) in [5.41, 5.74) is 2.56. The molecule has 0 heterocycles. The quantitative estimate of drug-likeness (QED) is 0.352. The second-order valence-electron chi connectivity index (χ2n) is 5.18. The van der Waals surface area contributed by atoms with Gasteiger partial charge in [-0.2, -0.15) is 0 Å². The van der Waals surface area contributed by atoms with Gasteiger partial charge in [0.05, 0.1) is 0 Å². The Balaban J connectivity index is 2.27. The lowest BCUT2D eigenvalue weighted by Crippen LogP contribution is -1.86. The maximum atomic E-state index is 3.73. The highest BCUT2D eigenvalue weighted by molar-refractivity contribution is 9.10. The molecule has 0 bridgehead atoms. The molecule has 0 unspecified atom stereocenters. The van der Waals surface area contributed by atoms with Gasteiger partial charge in [0.2, 0.25) is 0 Å². The van der Waals surface area contributed by atoms with Crippen molar-refractivity contribution in [2.75, 3.05) is 0 Å². The molecule has 0 aliphatic carbocycles. The fourth-order valence-corrected chi connectivity index (χ4v) is 3.56. The van der Waals surface area contributed by atoms with Crippen LogP contribution in [0.4, 0.5) is 0 Å². The van der Waals surface area contributed by atoms with E-state index in [4.69, 9.17) is 0 Å². The minimum absolute atomic E-state index is 1.14. The Labute approximate surface area is 132 Å². The minimum atomic E-state index is 1.14. The molecule has 4 rings (SSSR count). The fourth-order valence-electron chi connectivity index (χ4n) is 2.98. The Morgan fingerprint density at radius 3 is 2.19 bits per heavy atom. The van der Waals surface area contributed by atoms with Gasteiger partial charge < -0.3 is 0 Å². The third kappa shape index (κ3) is 2.05. The topological polar surface area (TPSA) is 0 Å². The van der Waals surface area contributed by atoms with Gasteiger partial charge in [-0.1, -0.05) is 82.7 Å². The molecule has 0 nitrogen and oxygen atoms in total. The van der Waals surface area contributed by atoms with E-state index < -0.39 is 0 Å². The zero-order valence-corrected chi connectivity index (χ0v) is 13.0. The molecular formula is C20H13Br. The van der Waals surface area contributed by atoms with Crippen LogP contribution in [-0.2, 0) is 0 Å². The molecule has 0 aliphatic heterocycles. The number of benzene rings is 4. The Kier molecular flexibility index (Phi) is 3.01. The van der Waals surface area contributed by atoms with E-state index in [0.717, 1.165) is 4.47 Å². The highest BCUT2D eigenvalue weighted by Crippen LogP contribution is 2.39. The van der Waals surface area contributed by atoms with Crippen LogP contribution in [0.15, 0.2) is 83.3 Å². The lowest BCUT2D eigenvalue weighted by Gasteiger charge is -2.13. The largest absolute Gasteiger partial charge is 0.0622 e. The monoisotopic (exact) mass is 332 g/mol. The SMILES string of the molecule is Brc1cccc2cc3ccccc3c(-c3ccccc3)c12. The molecular weight excluding hydrogens is 320 g/mol. The van der Waals surface area contributed by atoms with Crippen LogP contribution in [0.1, 0.15) is 0 Å². The molecule has 0 atom stereocenters. The first kappa shape index (κ1) is 12.6. The molecule has 0 amide bonds.